The molecule has 2 atom stereocenters. The van der Waals surface area contributed by atoms with Gasteiger partial charge in [0.15, 0.2) is 0 Å². The maximum atomic E-state index is 11.1. The summed E-state index contributed by atoms with van der Waals surface area (Å²) in [6.45, 7) is 2.69. The fourth-order valence-corrected chi connectivity index (χ4v) is 2.67. The number of rotatable bonds is 5. The zero-order chi connectivity index (χ0) is 13.1. The van der Waals surface area contributed by atoms with Gasteiger partial charge in [-0.2, -0.15) is 0 Å². The van der Waals surface area contributed by atoms with Crippen LogP contribution in [-0.4, -0.2) is 30.8 Å². The van der Waals surface area contributed by atoms with Crippen LogP contribution in [0.1, 0.15) is 24.5 Å². The summed E-state index contributed by atoms with van der Waals surface area (Å²) in [5, 5.41) is -0.149. The van der Waals surface area contributed by atoms with E-state index in [-0.39, 0.29) is 5.38 Å². The minimum Gasteiger partial charge on any atom is -0.327 e. The Labute approximate surface area is 114 Å². The van der Waals surface area contributed by atoms with E-state index < -0.39 is 10.8 Å². The van der Waals surface area contributed by atoms with Crippen LogP contribution >= 0.6 is 11.6 Å². The summed E-state index contributed by atoms with van der Waals surface area (Å²) >= 11 is 6.16. The third kappa shape index (κ3) is 2.90. The van der Waals surface area contributed by atoms with E-state index in [9.17, 15) is 4.21 Å². The summed E-state index contributed by atoms with van der Waals surface area (Å²) in [4.78, 5) is 8.57. The van der Waals surface area contributed by atoms with Crippen LogP contribution in [-0.2, 0) is 17.3 Å². The van der Waals surface area contributed by atoms with Gasteiger partial charge in [-0.1, -0.05) is 0 Å². The third-order valence-corrected chi connectivity index (χ3v) is 3.81. The number of aromatic nitrogens is 3. The van der Waals surface area contributed by atoms with Crippen LogP contribution in [0, 0.1) is 0 Å². The number of alkyl halides is 1. The van der Waals surface area contributed by atoms with Gasteiger partial charge < -0.3 is 4.57 Å². The molecule has 2 rings (SSSR count). The Balaban J connectivity index is 2.33. The first-order valence-electron chi connectivity index (χ1n) is 5.84. The summed E-state index contributed by atoms with van der Waals surface area (Å²) in [6.07, 6.45) is 6.07. The second-order valence-corrected chi connectivity index (χ2v) is 6.44. The zero-order valence-corrected chi connectivity index (χ0v) is 12.0. The number of hydrogen-bond acceptors (Lipinski definition) is 3. The highest BCUT2D eigenvalue weighted by atomic mass is 35.5. The Morgan fingerprint density at radius 3 is 3.00 bits per heavy atom. The molecule has 0 spiro atoms. The van der Waals surface area contributed by atoms with Gasteiger partial charge in [-0.25, -0.2) is 4.98 Å². The van der Waals surface area contributed by atoms with Crippen LogP contribution in [0.5, 0.6) is 0 Å². The molecular formula is C12H16ClN3OS. The molecule has 0 aromatic carbocycles. The van der Waals surface area contributed by atoms with E-state index in [1.807, 2.05) is 13.0 Å². The normalized spacial score (nSPS) is 14.8. The summed E-state index contributed by atoms with van der Waals surface area (Å²) in [5.41, 5.74) is 1.90. The first-order valence-corrected chi connectivity index (χ1v) is 8.00. The van der Waals surface area contributed by atoms with Gasteiger partial charge in [-0.05, 0) is 19.4 Å². The Kier molecular flexibility index (Phi) is 4.35. The number of hydrogen-bond donors (Lipinski definition) is 0. The quantitative estimate of drug-likeness (QED) is 0.793. The summed E-state index contributed by atoms with van der Waals surface area (Å²) in [5.74, 6) is 1.54. The Hall–Kier alpha value is -0.940. The molecular weight excluding hydrogens is 270 g/mol. The number of halogens is 1. The Morgan fingerprint density at radius 1 is 1.56 bits per heavy atom. The number of imidazole rings is 1. The fraction of sp³-hybridized carbons (Fsp3) is 0.500. The lowest BCUT2D eigenvalue weighted by Crippen LogP contribution is -2.07. The van der Waals surface area contributed by atoms with Crippen LogP contribution in [0.3, 0.4) is 0 Å². The van der Waals surface area contributed by atoms with Gasteiger partial charge >= 0.3 is 0 Å². The van der Waals surface area contributed by atoms with Gasteiger partial charge in [0.1, 0.15) is 11.3 Å². The largest absolute Gasteiger partial charge is 0.327 e. The minimum atomic E-state index is -0.757. The molecule has 0 fully saturated rings. The fourth-order valence-electron chi connectivity index (χ4n) is 1.96. The van der Waals surface area contributed by atoms with Gasteiger partial charge in [0.25, 0.3) is 0 Å². The molecule has 0 radical (unpaired) electrons. The number of fused-ring (bicyclic) bond motifs is 1. The second kappa shape index (κ2) is 5.80. The minimum absolute atomic E-state index is 0.149. The highest BCUT2D eigenvalue weighted by Crippen LogP contribution is 2.24. The van der Waals surface area contributed by atoms with Gasteiger partial charge in [-0.15, -0.1) is 11.6 Å². The first-order chi connectivity index (χ1) is 8.59. The van der Waals surface area contributed by atoms with Gasteiger partial charge in [0.2, 0.25) is 0 Å². The van der Waals surface area contributed by atoms with Crippen LogP contribution in [0.25, 0.3) is 11.0 Å². The topological polar surface area (TPSA) is 47.8 Å². The number of aryl methyl sites for hydroxylation is 1. The van der Waals surface area contributed by atoms with Crippen molar-refractivity contribution in [1.82, 2.24) is 14.5 Å². The van der Waals surface area contributed by atoms with Crippen molar-refractivity contribution < 1.29 is 4.21 Å². The van der Waals surface area contributed by atoms with Crippen molar-refractivity contribution in [2.45, 2.75) is 25.3 Å². The standard InChI is InChI=1S/C12H16ClN3OS/c1-9(13)12-15-10-8-14-5-4-11(10)16(12)6-3-7-18(2)17/h4-5,8-9H,3,6-7H2,1-2H3. The molecule has 98 valence electrons. The molecule has 0 aliphatic carbocycles. The molecule has 2 aromatic heterocycles. The molecule has 2 aromatic rings. The third-order valence-electron chi connectivity index (χ3n) is 2.75. The average molecular weight is 286 g/mol. The van der Waals surface area contributed by atoms with Gasteiger partial charge in [-0.3, -0.25) is 9.19 Å². The van der Waals surface area contributed by atoms with E-state index in [0.717, 1.165) is 29.8 Å². The van der Waals surface area contributed by atoms with Crippen LogP contribution in [0.2, 0.25) is 0 Å². The molecule has 0 amide bonds. The van der Waals surface area contributed by atoms with E-state index in [0.29, 0.717) is 5.75 Å². The summed E-state index contributed by atoms with van der Waals surface area (Å²) in [6, 6.07) is 1.94. The van der Waals surface area contributed by atoms with E-state index in [2.05, 4.69) is 14.5 Å². The maximum absolute atomic E-state index is 11.1. The Bertz CT molecular complexity index is 567. The molecule has 6 heteroatoms. The van der Waals surface area contributed by atoms with Gasteiger partial charge in [0, 0.05) is 35.5 Å². The van der Waals surface area contributed by atoms with Crippen LogP contribution in [0.4, 0.5) is 0 Å². The van der Waals surface area contributed by atoms with Crippen molar-refractivity contribution >= 4 is 33.4 Å². The van der Waals surface area contributed by atoms with Crippen LogP contribution < -0.4 is 0 Å². The van der Waals surface area contributed by atoms with Crippen molar-refractivity contribution in [1.29, 1.82) is 0 Å². The van der Waals surface area contributed by atoms with E-state index in [4.69, 9.17) is 11.6 Å². The molecule has 0 aliphatic heterocycles. The van der Waals surface area contributed by atoms with Crippen molar-refractivity contribution in [3.05, 3.63) is 24.3 Å². The van der Waals surface area contributed by atoms with Crippen molar-refractivity contribution in [2.75, 3.05) is 12.0 Å². The smallest absolute Gasteiger partial charge is 0.127 e. The highest BCUT2D eigenvalue weighted by Gasteiger charge is 2.14. The summed E-state index contributed by atoms with van der Waals surface area (Å²) < 4.78 is 13.2. The highest BCUT2D eigenvalue weighted by molar-refractivity contribution is 7.84. The summed E-state index contributed by atoms with van der Waals surface area (Å²) in [7, 11) is -0.757. The molecule has 0 saturated carbocycles. The molecule has 0 aliphatic rings. The number of nitrogens with zero attached hydrogens (tertiary/aromatic N) is 3. The first kappa shape index (κ1) is 13.5. The maximum Gasteiger partial charge on any atom is 0.127 e. The predicted molar refractivity (Wildman–Crippen MR) is 75.3 cm³/mol. The molecule has 0 N–H and O–H groups in total. The lowest BCUT2D eigenvalue weighted by Gasteiger charge is -2.09. The van der Waals surface area contributed by atoms with Crippen molar-refractivity contribution in [3.63, 3.8) is 0 Å². The van der Waals surface area contributed by atoms with Crippen molar-refractivity contribution in [3.8, 4) is 0 Å². The van der Waals surface area contributed by atoms with Crippen LogP contribution in [0.15, 0.2) is 18.5 Å². The monoisotopic (exact) mass is 285 g/mol. The number of pyridine rings is 1. The Morgan fingerprint density at radius 2 is 2.33 bits per heavy atom. The van der Waals surface area contributed by atoms with E-state index in [1.54, 1.807) is 18.6 Å². The zero-order valence-electron chi connectivity index (χ0n) is 10.5. The van der Waals surface area contributed by atoms with E-state index in [1.165, 1.54) is 0 Å². The van der Waals surface area contributed by atoms with E-state index >= 15 is 0 Å². The molecule has 18 heavy (non-hydrogen) atoms. The molecule has 4 nitrogen and oxygen atoms in total. The molecule has 0 saturated heterocycles. The second-order valence-electron chi connectivity index (χ2n) is 4.23. The lowest BCUT2D eigenvalue weighted by atomic mass is 10.3. The molecule has 2 heterocycles. The SMILES string of the molecule is CC(Cl)c1nc2cnccc2n1CCCS(C)=O. The lowest BCUT2D eigenvalue weighted by molar-refractivity contribution is 0.646. The molecule has 2 unspecified atom stereocenters. The van der Waals surface area contributed by atoms with Crippen molar-refractivity contribution in [2.24, 2.45) is 0 Å². The molecule has 0 bridgehead atoms. The average Bonchev–Trinajstić information content (AvgIpc) is 2.68. The van der Waals surface area contributed by atoms with Gasteiger partial charge in [0.05, 0.1) is 17.1 Å². The predicted octanol–water partition coefficient (Wildman–Crippen LogP) is 2.50.